The van der Waals surface area contributed by atoms with E-state index in [1.54, 1.807) is 18.3 Å². The number of amides is 1. The van der Waals surface area contributed by atoms with E-state index in [-0.39, 0.29) is 18.6 Å². The summed E-state index contributed by atoms with van der Waals surface area (Å²) in [5.41, 5.74) is 0.592. The van der Waals surface area contributed by atoms with Crippen molar-refractivity contribution in [1.29, 1.82) is 0 Å². The predicted octanol–water partition coefficient (Wildman–Crippen LogP) is 0.406. The fourth-order valence-electron chi connectivity index (χ4n) is 3.26. The summed E-state index contributed by atoms with van der Waals surface area (Å²) in [5, 5.41) is 8.71. The van der Waals surface area contributed by atoms with Crippen molar-refractivity contribution in [3.05, 3.63) is 23.9 Å². The summed E-state index contributed by atoms with van der Waals surface area (Å²) < 4.78 is 16.5. The number of rotatable bonds is 8. The molecule has 0 bridgehead atoms. The minimum atomic E-state index is 0.0105. The average molecular weight is 379 g/mol. The number of aliphatic hydroxyl groups excluding tert-OH is 1. The number of pyridine rings is 1. The summed E-state index contributed by atoms with van der Waals surface area (Å²) in [4.78, 5) is 21.1. The Labute approximate surface area is 160 Å². The second kappa shape index (κ2) is 10.6. The molecule has 1 aromatic heterocycles. The molecule has 0 atom stereocenters. The highest BCUT2D eigenvalue weighted by atomic mass is 16.5. The molecule has 3 heterocycles. The Bertz CT molecular complexity index is 569. The maximum absolute atomic E-state index is 12.7. The fourth-order valence-corrected chi connectivity index (χ4v) is 3.26. The summed E-state index contributed by atoms with van der Waals surface area (Å²) in [6, 6.07) is 3.57. The number of hydrogen-bond donors (Lipinski definition) is 1. The van der Waals surface area contributed by atoms with Crippen LogP contribution in [0.5, 0.6) is 5.88 Å². The Hall–Kier alpha value is -1.74. The van der Waals surface area contributed by atoms with Gasteiger partial charge < -0.3 is 24.2 Å². The first-order valence-electron chi connectivity index (χ1n) is 9.67. The molecule has 0 spiro atoms. The topological polar surface area (TPSA) is 84.4 Å². The largest absolute Gasteiger partial charge is 0.474 e. The number of ether oxygens (including phenoxy) is 3. The molecule has 1 aromatic rings. The van der Waals surface area contributed by atoms with Crippen LogP contribution in [0.3, 0.4) is 0 Å². The van der Waals surface area contributed by atoms with Gasteiger partial charge in [-0.1, -0.05) is 0 Å². The molecule has 8 heteroatoms. The van der Waals surface area contributed by atoms with E-state index in [1.807, 2.05) is 4.90 Å². The normalized spacial score (nSPS) is 19.2. The molecular weight excluding hydrogens is 350 g/mol. The van der Waals surface area contributed by atoms with Gasteiger partial charge in [-0.05, 0) is 6.07 Å². The van der Waals surface area contributed by atoms with Crippen LogP contribution in [0.15, 0.2) is 18.3 Å². The molecule has 8 nitrogen and oxygen atoms in total. The Morgan fingerprint density at radius 2 is 1.96 bits per heavy atom. The van der Waals surface area contributed by atoms with Crippen molar-refractivity contribution in [2.75, 3.05) is 65.8 Å². The third-order valence-electron chi connectivity index (χ3n) is 4.89. The first-order valence-corrected chi connectivity index (χ1v) is 9.67. The van der Waals surface area contributed by atoms with Gasteiger partial charge in [0, 0.05) is 57.8 Å². The van der Waals surface area contributed by atoms with E-state index in [1.165, 1.54) is 0 Å². The lowest BCUT2D eigenvalue weighted by atomic mass is 10.1. The highest BCUT2D eigenvalue weighted by Crippen LogP contribution is 2.17. The Kier molecular flexibility index (Phi) is 7.82. The van der Waals surface area contributed by atoms with Crippen LogP contribution >= 0.6 is 0 Å². The molecule has 2 aliphatic rings. The van der Waals surface area contributed by atoms with Crippen molar-refractivity contribution in [3.8, 4) is 5.88 Å². The number of aliphatic hydroxyl groups is 1. The number of carbonyl (C=O) groups is 1. The molecule has 0 aliphatic carbocycles. The molecule has 0 radical (unpaired) electrons. The maximum atomic E-state index is 12.7. The van der Waals surface area contributed by atoms with Gasteiger partial charge in [-0.15, -0.1) is 0 Å². The number of aromatic nitrogens is 1. The van der Waals surface area contributed by atoms with Crippen molar-refractivity contribution in [3.63, 3.8) is 0 Å². The molecule has 27 heavy (non-hydrogen) atoms. The summed E-state index contributed by atoms with van der Waals surface area (Å²) in [7, 11) is 0. The van der Waals surface area contributed by atoms with E-state index in [0.29, 0.717) is 37.7 Å². The van der Waals surface area contributed by atoms with Gasteiger partial charge in [0.1, 0.15) is 6.10 Å². The number of piperazine rings is 1. The van der Waals surface area contributed by atoms with Crippen LogP contribution in [0.4, 0.5) is 0 Å². The van der Waals surface area contributed by atoms with Crippen molar-refractivity contribution < 1.29 is 24.1 Å². The Balaban J connectivity index is 1.42. The van der Waals surface area contributed by atoms with Gasteiger partial charge in [0.25, 0.3) is 5.91 Å². The standard InChI is InChI=1S/C19H29N3O5/c23-10-14-26-13-9-21-5-7-22(8-6-21)19(24)16-1-2-18(20-15-16)27-17-3-11-25-12-4-17/h1-2,15,17,23H,3-14H2. The lowest BCUT2D eigenvalue weighted by Crippen LogP contribution is -2.49. The molecular formula is C19H29N3O5. The van der Waals surface area contributed by atoms with Crippen molar-refractivity contribution in [2.24, 2.45) is 0 Å². The highest BCUT2D eigenvalue weighted by molar-refractivity contribution is 5.94. The Morgan fingerprint density at radius 1 is 1.19 bits per heavy atom. The van der Waals surface area contributed by atoms with Gasteiger partial charge in [0.2, 0.25) is 5.88 Å². The zero-order valence-corrected chi connectivity index (χ0v) is 15.7. The third-order valence-corrected chi connectivity index (χ3v) is 4.89. The van der Waals surface area contributed by atoms with E-state index in [2.05, 4.69) is 9.88 Å². The molecule has 2 fully saturated rings. The predicted molar refractivity (Wildman–Crippen MR) is 99.0 cm³/mol. The van der Waals surface area contributed by atoms with Crippen LogP contribution in [0.2, 0.25) is 0 Å². The van der Waals surface area contributed by atoms with Gasteiger partial charge in [-0.3, -0.25) is 9.69 Å². The van der Waals surface area contributed by atoms with Gasteiger partial charge in [0.05, 0.1) is 38.6 Å². The minimum absolute atomic E-state index is 0.0105. The number of hydrogen-bond acceptors (Lipinski definition) is 7. The monoisotopic (exact) mass is 379 g/mol. The van der Waals surface area contributed by atoms with Crippen LogP contribution in [0.1, 0.15) is 23.2 Å². The van der Waals surface area contributed by atoms with E-state index in [4.69, 9.17) is 19.3 Å². The summed E-state index contributed by atoms with van der Waals surface area (Å²) in [6.45, 7) is 6.34. The molecule has 0 saturated carbocycles. The molecule has 150 valence electrons. The van der Waals surface area contributed by atoms with Crippen molar-refractivity contribution >= 4 is 5.91 Å². The van der Waals surface area contributed by atoms with E-state index >= 15 is 0 Å². The zero-order chi connectivity index (χ0) is 18.9. The molecule has 0 unspecified atom stereocenters. The number of nitrogens with zero attached hydrogens (tertiary/aromatic N) is 3. The van der Waals surface area contributed by atoms with Crippen LogP contribution in [-0.2, 0) is 9.47 Å². The van der Waals surface area contributed by atoms with Crippen molar-refractivity contribution in [1.82, 2.24) is 14.8 Å². The first kappa shape index (κ1) is 20.0. The SMILES string of the molecule is O=C(c1ccc(OC2CCOCC2)nc1)N1CCN(CCOCCO)CC1. The average Bonchev–Trinajstić information content (AvgIpc) is 2.72. The third kappa shape index (κ3) is 6.14. The number of carbonyl (C=O) groups excluding carboxylic acids is 1. The molecule has 2 aliphatic heterocycles. The van der Waals surface area contributed by atoms with Gasteiger partial charge in [-0.25, -0.2) is 4.98 Å². The molecule has 1 N–H and O–H groups in total. The highest BCUT2D eigenvalue weighted by Gasteiger charge is 2.22. The summed E-state index contributed by atoms with van der Waals surface area (Å²) in [5.74, 6) is 0.572. The van der Waals surface area contributed by atoms with E-state index in [9.17, 15) is 4.79 Å². The molecule has 0 aromatic carbocycles. The van der Waals surface area contributed by atoms with E-state index < -0.39 is 0 Å². The van der Waals surface area contributed by atoms with Gasteiger partial charge in [-0.2, -0.15) is 0 Å². The second-order valence-corrected chi connectivity index (χ2v) is 6.78. The van der Waals surface area contributed by atoms with Gasteiger partial charge in [0.15, 0.2) is 0 Å². The molecule has 2 saturated heterocycles. The molecule has 1 amide bonds. The Morgan fingerprint density at radius 3 is 2.63 bits per heavy atom. The zero-order valence-electron chi connectivity index (χ0n) is 15.7. The van der Waals surface area contributed by atoms with Crippen LogP contribution in [0.25, 0.3) is 0 Å². The maximum Gasteiger partial charge on any atom is 0.255 e. The molecule has 3 rings (SSSR count). The lowest BCUT2D eigenvalue weighted by Gasteiger charge is -2.34. The van der Waals surface area contributed by atoms with E-state index in [0.717, 1.165) is 45.7 Å². The van der Waals surface area contributed by atoms with Crippen LogP contribution in [0, 0.1) is 0 Å². The van der Waals surface area contributed by atoms with Crippen molar-refractivity contribution in [2.45, 2.75) is 18.9 Å². The minimum Gasteiger partial charge on any atom is -0.474 e. The summed E-state index contributed by atoms with van der Waals surface area (Å²) >= 11 is 0. The quantitative estimate of drug-likeness (QED) is 0.655. The van der Waals surface area contributed by atoms with Crippen LogP contribution in [-0.4, -0.2) is 97.7 Å². The lowest BCUT2D eigenvalue weighted by molar-refractivity contribution is 0.0237. The fraction of sp³-hybridized carbons (Fsp3) is 0.684. The summed E-state index contributed by atoms with van der Waals surface area (Å²) in [6.07, 6.45) is 3.49. The smallest absolute Gasteiger partial charge is 0.255 e. The van der Waals surface area contributed by atoms with Gasteiger partial charge >= 0.3 is 0 Å². The second-order valence-electron chi connectivity index (χ2n) is 6.78. The van der Waals surface area contributed by atoms with Crippen LogP contribution < -0.4 is 4.74 Å². The first-order chi connectivity index (χ1) is 13.3.